The Hall–Kier alpha value is -2.36. The first-order chi connectivity index (χ1) is 9.16. The van der Waals surface area contributed by atoms with Gasteiger partial charge < -0.3 is 10.1 Å². The summed E-state index contributed by atoms with van der Waals surface area (Å²) in [7, 11) is 1.29. The quantitative estimate of drug-likeness (QED) is 0.511. The lowest BCUT2D eigenvalue weighted by Crippen LogP contribution is -2.43. The summed E-state index contributed by atoms with van der Waals surface area (Å²) < 4.78 is 4.84. The van der Waals surface area contributed by atoms with Gasteiger partial charge in [-0.15, -0.1) is 0 Å². The van der Waals surface area contributed by atoms with Crippen molar-refractivity contribution in [1.29, 1.82) is 0 Å². The summed E-state index contributed by atoms with van der Waals surface area (Å²) in [6.45, 7) is 3.57. The number of methoxy groups -OCH3 is 1. The molecule has 1 amide bonds. The van der Waals surface area contributed by atoms with Gasteiger partial charge in [0, 0.05) is 11.3 Å². The van der Waals surface area contributed by atoms with E-state index in [0.29, 0.717) is 11.3 Å². The third-order valence-electron chi connectivity index (χ3n) is 3.25. The smallest absolute Gasteiger partial charge is 0.326 e. The molecule has 0 aromatic heterocycles. The standard InChI is InChI=1S/C15H15NO3/c1-3-4-7-10-15(14(18)19-2)11-8-5-6-9-12(11)16-13(15)17/h3-9H,1,10H2,2H3,(H,16,17)/b7-4+. The fourth-order valence-electron chi connectivity index (χ4n) is 2.32. The largest absolute Gasteiger partial charge is 0.468 e. The van der Waals surface area contributed by atoms with Crippen molar-refractivity contribution in [2.24, 2.45) is 0 Å². The minimum Gasteiger partial charge on any atom is -0.468 e. The lowest BCUT2D eigenvalue weighted by Gasteiger charge is -2.22. The van der Waals surface area contributed by atoms with Crippen LogP contribution < -0.4 is 5.32 Å². The summed E-state index contributed by atoms with van der Waals surface area (Å²) in [6, 6.07) is 7.15. The van der Waals surface area contributed by atoms with Gasteiger partial charge in [-0.2, -0.15) is 0 Å². The van der Waals surface area contributed by atoms with Crippen LogP contribution in [0.4, 0.5) is 5.69 Å². The topological polar surface area (TPSA) is 55.4 Å². The zero-order valence-corrected chi connectivity index (χ0v) is 10.7. The summed E-state index contributed by atoms with van der Waals surface area (Å²) in [6.07, 6.45) is 5.29. The van der Waals surface area contributed by atoms with Gasteiger partial charge in [0.05, 0.1) is 7.11 Å². The summed E-state index contributed by atoms with van der Waals surface area (Å²) >= 11 is 0. The second kappa shape index (κ2) is 5.10. The molecule has 98 valence electrons. The van der Waals surface area contributed by atoms with Crippen molar-refractivity contribution in [2.45, 2.75) is 11.8 Å². The second-order valence-electron chi connectivity index (χ2n) is 4.26. The van der Waals surface area contributed by atoms with Crippen molar-refractivity contribution in [3.05, 3.63) is 54.6 Å². The summed E-state index contributed by atoms with van der Waals surface area (Å²) in [5, 5.41) is 2.73. The number of carbonyl (C=O) groups is 2. The number of benzene rings is 1. The van der Waals surface area contributed by atoms with Gasteiger partial charge in [-0.3, -0.25) is 9.59 Å². The van der Waals surface area contributed by atoms with E-state index in [9.17, 15) is 9.59 Å². The Morgan fingerprint density at radius 3 is 2.89 bits per heavy atom. The predicted octanol–water partition coefficient (Wildman–Crippen LogP) is 2.18. The predicted molar refractivity (Wildman–Crippen MR) is 72.7 cm³/mol. The molecule has 1 N–H and O–H groups in total. The number of nitrogens with one attached hydrogen (secondary N) is 1. The van der Waals surface area contributed by atoms with Crippen molar-refractivity contribution in [2.75, 3.05) is 12.4 Å². The minimum atomic E-state index is -1.30. The van der Waals surface area contributed by atoms with E-state index < -0.39 is 11.4 Å². The molecule has 0 bridgehead atoms. The van der Waals surface area contributed by atoms with Crippen molar-refractivity contribution in [3.8, 4) is 0 Å². The summed E-state index contributed by atoms with van der Waals surface area (Å²) in [5.41, 5.74) is 0.00988. The van der Waals surface area contributed by atoms with E-state index >= 15 is 0 Å². The van der Waals surface area contributed by atoms with Gasteiger partial charge >= 0.3 is 5.97 Å². The van der Waals surface area contributed by atoms with Gasteiger partial charge in [0.15, 0.2) is 5.41 Å². The Morgan fingerprint density at radius 1 is 1.47 bits per heavy atom. The van der Waals surface area contributed by atoms with Crippen LogP contribution in [0, 0.1) is 0 Å². The van der Waals surface area contributed by atoms with Crippen molar-refractivity contribution in [1.82, 2.24) is 0 Å². The lowest BCUT2D eigenvalue weighted by atomic mass is 9.78. The number of esters is 1. The second-order valence-corrected chi connectivity index (χ2v) is 4.26. The van der Waals surface area contributed by atoms with Crippen LogP contribution in [-0.4, -0.2) is 19.0 Å². The maximum atomic E-state index is 12.3. The van der Waals surface area contributed by atoms with E-state index in [4.69, 9.17) is 4.74 Å². The third kappa shape index (κ3) is 1.95. The highest BCUT2D eigenvalue weighted by Crippen LogP contribution is 2.41. The van der Waals surface area contributed by atoms with Gasteiger partial charge in [-0.1, -0.05) is 43.0 Å². The molecular formula is C15H15NO3. The average molecular weight is 257 g/mol. The first kappa shape index (κ1) is 13.1. The van der Waals surface area contributed by atoms with Gasteiger partial charge in [-0.25, -0.2) is 0 Å². The Bertz CT molecular complexity index is 552. The highest BCUT2D eigenvalue weighted by molar-refractivity contribution is 6.19. The zero-order valence-electron chi connectivity index (χ0n) is 10.7. The maximum Gasteiger partial charge on any atom is 0.326 e. The highest BCUT2D eigenvalue weighted by atomic mass is 16.5. The van der Waals surface area contributed by atoms with Crippen LogP contribution in [0.3, 0.4) is 0 Å². The SMILES string of the molecule is C=C/C=C/CC1(C(=O)OC)C(=O)Nc2ccccc21. The molecule has 1 atom stereocenters. The molecule has 1 aromatic rings. The number of hydrogen-bond donors (Lipinski definition) is 1. The first-order valence-electron chi connectivity index (χ1n) is 5.93. The molecule has 19 heavy (non-hydrogen) atoms. The molecule has 1 heterocycles. The average Bonchev–Trinajstić information content (AvgIpc) is 2.72. The van der Waals surface area contributed by atoms with Crippen LogP contribution in [0.1, 0.15) is 12.0 Å². The van der Waals surface area contributed by atoms with Gasteiger partial charge in [-0.05, 0) is 12.5 Å². The fraction of sp³-hybridized carbons (Fsp3) is 0.200. The van der Waals surface area contributed by atoms with E-state index in [1.165, 1.54) is 7.11 Å². The number of hydrogen-bond acceptors (Lipinski definition) is 3. The van der Waals surface area contributed by atoms with Gasteiger partial charge in [0.1, 0.15) is 0 Å². The minimum absolute atomic E-state index is 0.245. The lowest BCUT2D eigenvalue weighted by molar-refractivity contribution is -0.150. The molecule has 1 aliphatic rings. The van der Waals surface area contributed by atoms with Crippen molar-refractivity contribution < 1.29 is 14.3 Å². The Balaban J connectivity index is 2.54. The molecule has 1 aromatic carbocycles. The Labute approximate surface area is 111 Å². The van der Waals surface area contributed by atoms with Crippen molar-refractivity contribution in [3.63, 3.8) is 0 Å². The van der Waals surface area contributed by atoms with Crippen LogP contribution >= 0.6 is 0 Å². The number of carbonyl (C=O) groups excluding carboxylic acids is 2. The molecule has 0 aliphatic carbocycles. The highest BCUT2D eigenvalue weighted by Gasteiger charge is 2.53. The number of allylic oxidation sites excluding steroid dienone is 3. The van der Waals surface area contributed by atoms with Crippen LogP contribution in [0.25, 0.3) is 0 Å². The molecule has 0 fully saturated rings. The van der Waals surface area contributed by atoms with Crippen molar-refractivity contribution >= 4 is 17.6 Å². The summed E-state index contributed by atoms with van der Waals surface area (Å²) in [5.74, 6) is -0.905. The van der Waals surface area contributed by atoms with E-state index in [1.54, 1.807) is 36.4 Å². The molecule has 4 heteroatoms. The summed E-state index contributed by atoms with van der Waals surface area (Å²) in [4.78, 5) is 24.4. The van der Waals surface area contributed by atoms with E-state index in [0.717, 1.165) is 0 Å². The van der Waals surface area contributed by atoms with E-state index in [-0.39, 0.29) is 12.3 Å². The van der Waals surface area contributed by atoms with Crippen LogP contribution in [0.2, 0.25) is 0 Å². The van der Waals surface area contributed by atoms with Gasteiger partial charge in [0.25, 0.3) is 0 Å². The molecule has 0 radical (unpaired) electrons. The number of fused-ring (bicyclic) bond motifs is 1. The zero-order chi connectivity index (χ0) is 13.9. The number of para-hydroxylation sites is 1. The Morgan fingerprint density at radius 2 is 2.21 bits per heavy atom. The monoisotopic (exact) mass is 257 g/mol. The Kier molecular flexibility index (Phi) is 3.51. The third-order valence-corrected chi connectivity index (χ3v) is 3.25. The molecule has 0 spiro atoms. The normalized spacial score (nSPS) is 21.0. The van der Waals surface area contributed by atoms with E-state index in [1.807, 2.05) is 6.07 Å². The molecule has 0 saturated carbocycles. The van der Waals surface area contributed by atoms with Crippen LogP contribution in [-0.2, 0) is 19.7 Å². The number of amides is 1. The number of rotatable bonds is 4. The van der Waals surface area contributed by atoms with Gasteiger partial charge in [0.2, 0.25) is 5.91 Å². The molecular weight excluding hydrogens is 242 g/mol. The number of anilines is 1. The molecule has 1 unspecified atom stereocenters. The van der Waals surface area contributed by atoms with E-state index in [2.05, 4.69) is 11.9 Å². The molecule has 2 rings (SSSR count). The molecule has 0 saturated heterocycles. The molecule has 4 nitrogen and oxygen atoms in total. The van der Waals surface area contributed by atoms with Crippen LogP contribution in [0.5, 0.6) is 0 Å². The fourth-order valence-corrected chi connectivity index (χ4v) is 2.32. The number of ether oxygens (including phenoxy) is 1. The maximum absolute atomic E-state index is 12.3. The molecule has 1 aliphatic heterocycles. The first-order valence-corrected chi connectivity index (χ1v) is 5.93. The van der Waals surface area contributed by atoms with Crippen LogP contribution in [0.15, 0.2) is 49.1 Å².